The number of rotatable bonds is 0. The number of piperidine rings is 1. The lowest BCUT2D eigenvalue weighted by Gasteiger charge is -2.20. The minimum absolute atomic E-state index is 0.140. The van der Waals surface area contributed by atoms with E-state index in [9.17, 15) is 0 Å². The van der Waals surface area contributed by atoms with E-state index in [1.54, 1.807) is 0 Å². The van der Waals surface area contributed by atoms with Crippen molar-refractivity contribution in [3.05, 3.63) is 0 Å². The molecule has 2 rings (SSSR count). The molecule has 4 nitrogen and oxygen atoms in total. The maximum atomic E-state index is 8.92. The molecule has 1 heterocycles. The highest BCUT2D eigenvalue weighted by Gasteiger charge is 2.15. The Morgan fingerprint density at radius 2 is 1.20 bits per heavy atom. The van der Waals surface area contributed by atoms with Crippen LogP contribution in [-0.2, 0) is 0 Å². The molecule has 1 saturated carbocycles. The van der Waals surface area contributed by atoms with Crippen molar-refractivity contribution < 1.29 is 10.2 Å². The van der Waals surface area contributed by atoms with Crippen LogP contribution in [0.4, 0.5) is 0 Å². The lowest BCUT2D eigenvalue weighted by Crippen LogP contribution is -2.35. The third-order valence-corrected chi connectivity index (χ3v) is 3.05. The van der Waals surface area contributed by atoms with Crippen LogP contribution in [0.5, 0.6) is 0 Å². The normalized spacial score (nSPS) is 33.0. The molecule has 0 aromatic carbocycles. The fraction of sp³-hybridized carbons (Fsp3) is 1.00. The summed E-state index contributed by atoms with van der Waals surface area (Å²) < 4.78 is 0. The molecule has 0 aromatic heterocycles. The molecule has 2 aliphatic rings. The Kier molecular flexibility index (Phi) is 6.17. The van der Waals surface area contributed by atoms with E-state index in [0.29, 0.717) is 6.04 Å². The molecule has 0 atom stereocenters. The Hall–Kier alpha value is -0.160. The standard InChI is InChI=1S/C6H12O2.C5H12N2/c7-5-1-2-6(8)4-3-5;6-5-1-3-7-4-2-5/h5-8H,1-4H2;5,7H,1-4,6H2. The molecule has 15 heavy (non-hydrogen) atoms. The van der Waals surface area contributed by atoms with Gasteiger partial charge in [0.25, 0.3) is 0 Å². The first kappa shape index (κ1) is 12.9. The Bertz CT molecular complexity index is 143. The molecule has 0 radical (unpaired) electrons. The Labute approximate surface area is 91.9 Å². The minimum Gasteiger partial charge on any atom is -0.393 e. The molecule has 1 aliphatic heterocycles. The Morgan fingerprint density at radius 3 is 1.47 bits per heavy atom. The predicted molar refractivity (Wildman–Crippen MR) is 60.6 cm³/mol. The smallest absolute Gasteiger partial charge is 0.0542 e. The zero-order chi connectivity index (χ0) is 11.1. The van der Waals surface area contributed by atoms with E-state index in [-0.39, 0.29) is 12.2 Å². The van der Waals surface area contributed by atoms with Crippen molar-refractivity contribution in [2.45, 2.75) is 56.8 Å². The summed E-state index contributed by atoms with van der Waals surface area (Å²) in [6, 6.07) is 0.473. The quantitative estimate of drug-likeness (QED) is 0.459. The maximum absolute atomic E-state index is 8.92. The van der Waals surface area contributed by atoms with Crippen LogP contribution in [0, 0.1) is 0 Å². The number of aliphatic hydroxyl groups is 2. The summed E-state index contributed by atoms with van der Waals surface area (Å²) in [7, 11) is 0. The zero-order valence-electron chi connectivity index (χ0n) is 9.36. The predicted octanol–water partition coefficient (Wildman–Crippen LogP) is -0.0207. The molecule has 0 bridgehead atoms. The van der Waals surface area contributed by atoms with Crippen LogP contribution >= 0.6 is 0 Å². The average Bonchev–Trinajstić information content (AvgIpc) is 2.25. The SMILES string of the molecule is NC1CCNCC1.OC1CCC(O)CC1. The first-order chi connectivity index (χ1) is 7.18. The number of nitrogens with one attached hydrogen (secondary N) is 1. The number of hydrogen-bond donors (Lipinski definition) is 4. The zero-order valence-corrected chi connectivity index (χ0v) is 9.36. The summed E-state index contributed by atoms with van der Waals surface area (Å²) >= 11 is 0. The Balaban J connectivity index is 0.000000151. The van der Waals surface area contributed by atoms with Gasteiger partial charge in [0.1, 0.15) is 0 Å². The highest BCUT2D eigenvalue weighted by Crippen LogP contribution is 2.17. The van der Waals surface area contributed by atoms with Crippen LogP contribution in [0.3, 0.4) is 0 Å². The van der Waals surface area contributed by atoms with Gasteiger partial charge in [-0.1, -0.05) is 0 Å². The van der Waals surface area contributed by atoms with Crippen LogP contribution in [-0.4, -0.2) is 41.6 Å². The third-order valence-electron chi connectivity index (χ3n) is 3.05. The maximum Gasteiger partial charge on any atom is 0.0542 e. The van der Waals surface area contributed by atoms with Crippen molar-refractivity contribution >= 4 is 0 Å². The van der Waals surface area contributed by atoms with Gasteiger partial charge in [-0.2, -0.15) is 0 Å². The monoisotopic (exact) mass is 216 g/mol. The first-order valence-corrected chi connectivity index (χ1v) is 6.01. The van der Waals surface area contributed by atoms with Gasteiger partial charge in [0.05, 0.1) is 12.2 Å². The van der Waals surface area contributed by atoms with E-state index in [0.717, 1.165) is 51.6 Å². The van der Waals surface area contributed by atoms with Crippen molar-refractivity contribution in [3.8, 4) is 0 Å². The van der Waals surface area contributed by atoms with E-state index in [1.807, 2.05) is 0 Å². The number of nitrogens with two attached hydrogens (primary N) is 1. The van der Waals surface area contributed by atoms with Crippen molar-refractivity contribution in [3.63, 3.8) is 0 Å². The van der Waals surface area contributed by atoms with Crippen molar-refractivity contribution in [1.82, 2.24) is 5.32 Å². The second kappa shape index (κ2) is 7.17. The fourth-order valence-electron chi connectivity index (χ4n) is 1.90. The molecule has 90 valence electrons. The third kappa shape index (κ3) is 6.10. The van der Waals surface area contributed by atoms with Gasteiger partial charge in [0.2, 0.25) is 0 Å². The van der Waals surface area contributed by atoms with Crippen molar-refractivity contribution in [2.75, 3.05) is 13.1 Å². The van der Waals surface area contributed by atoms with Gasteiger partial charge in [-0.05, 0) is 51.6 Å². The molecule has 5 N–H and O–H groups in total. The number of aliphatic hydroxyl groups excluding tert-OH is 2. The highest BCUT2D eigenvalue weighted by atomic mass is 16.3. The Morgan fingerprint density at radius 1 is 0.800 bits per heavy atom. The molecular weight excluding hydrogens is 192 g/mol. The summed E-state index contributed by atoms with van der Waals surface area (Å²) in [6.45, 7) is 2.22. The van der Waals surface area contributed by atoms with Gasteiger partial charge in [0, 0.05) is 6.04 Å². The van der Waals surface area contributed by atoms with Gasteiger partial charge in [0.15, 0.2) is 0 Å². The van der Waals surface area contributed by atoms with Gasteiger partial charge in [-0.3, -0.25) is 0 Å². The second-order valence-electron chi connectivity index (χ2n) is 4.55. The van der Waals surface area contributed by atoms with Crippen molar-refractivity contribution in [1.29, 1.82) is 0 Å². The molecule has 2 fully saturated rings. The van der Waals surface area contributed by atoms with Gasteiger partial charge < -0.3 is 21.3 Å². The summed E-state index contributed by atoms with van der Waals surface area (Å²) in [4.78, 5) is 0. The highest BCUT2D eigenvalue weighted by molar-refractivity contribution is 4.69. The first-order valence-electron chi connectivity index (χ1n) is 6.01. The van der Waals surface area contributed by atoms with Crippen LogP contribution < -0.4 is 11.1 Å². The summed E-state index contributed by atoms with van der Waals surface area (Å²) in [5, 5.41) is 21.1. The summed E-state index contributed by atoms with van der Waals surface area (Å²) in [6.07, 6.45) is 5.14. The van der Waals surface area contributed by atoms with E-state index in [1.165, 1.54) is 0 Å². The molecule has 1 saturated heterocycles. The number of hydrogen-bond acceptors (Lipinski definition) is 4. The van der Waals surface area contributed by atoms with E-state index in [4.69, 9.17) is 15.9 Å². The second-order valence-corrected chi connectivity index (χ2v) is 4.55. The lowest BCUT2D eigenvalue weighted by atomic mass is 9.95. The molecule has 0 unspecified atom stereocenters. The van der Waals surface area contributed by atoms with Gasteiger partial charge >= 0.3 is 0 Å². The molecule has 4 heteroatoms. The fourth-order valence-corrected chi connectivity index (χ4v) is 1.90. The summed E-state index contributed by atoms with van der Waals surface area (Å²) in [5.74, 6) is 0. The lowest BCUT2D eigenvalue weighted by molar-refractivity contribution is 0.0541. The largest absolute Gasteiger partial charge is 0.393 e. The van der Waals surface area contributed by atoms with Gasteiger partial charge in [-0.15, -0.1) is 0 Å². The average molecular weight is 216 g/mol. The van der Waals surface area contributed by atoms with Crippen LogP contribution in [0.1, 0.15) is 38.5 Å². The molecule has 0 aromatic rings. The van der Waals surface area contributed by atoms with Crippen LogP contribution in [0.25, 0.3) is 0 Å². The molecule has 0 amide bonds. The van der Waals surface area contributed by atoms with Crippen molar-refractivity contribution in [2.24, 2.45) is 5.73 Å². The molecule has 0 spiro atoms. The van der Waals surface area contributed by atoms with E-state index in [2.05, 4.69) is 5.32 Å². The molecule has 1 aliphatic carbocycles. The van der Waals surface area contributed by atoms with E-state index < -0.39 is 0 Å². The van der Waals surface area contributed by atoms with Crippen LogP contribution in [0.15, 0.2) is 0 Å². The topological polar surface area (TPSA) is 78.5 Å². The van der Waals surface area contributed by atoms with Crippen LogP contribution in [0.2, 0.25) is 0 Å². The summed E-state index contributed by atoms with van der Waals surface area (Å²) in [5.41, 5.74) is 5.59. The van der Waals surface area contributed by atoms with E-state index >= 15 is 0 Å². The minimum atomic E-state index is -0.140. The van der Waals surface area contributed by atoms with Gasteiger partial charge in [-0.25, -0.2) is 0 Å². The molecular formula is C11H24N2O2.